The predicted molar refractivity (Wildman–Crippen MR) is 126 cm³/mol. The van der Waals surface area contributed by atoms with Gasteiger partial charge in [-0.15, -0.1) is 0 Å². The van der Waals surface area contributed by atoms with Gasteiger partial charge in [0.15, 0.2) is 4.90 Å². The van der Waals surface area contributed by atoms with Gasteiger partial charge in [-0.05, 0) is 63.8 Å². The Labute approximate surface area is 195 Å². The summed E-state index contributed by atoms with van der Waals surface area (Å²) in [7, 11) is -2.98. The van der Waals surface area contributed by atoms with E-state index in [2.05, 4.69) is 20.3 Å². The predicted octanol–water partition coefficient (Wildman–Crippen LogP) is 2.86. The molecule has 1 fully saturated rings. The van der Waals surface area contributed by atoms with Crippen molar-refractivity contribution in [2.45, 2.75) is 50.7 Å². The highest BCUT2D eigenvalue weighted by Gasteiger charge is 2.27. The summed E-state index contributed by atoms with van der Waals surface area (Å²) in [5.74, 6) is 1.02. The number of piperidine rings is 1. The molecule has 2 atom stereocenters. The molecule has 0 spiro atoms. The van der Waals surface area contributed by atoms with Crippen molar-refractivity contribution < 1.29 is 18.9 Å². The quantitative estimate of drug-likeness (QED) is 0.140. The molecule has 178 valence electrons. The summed E-state index contributed by atoms with van der Waals surface area (Å²) in [6.07, 6.45) is 6.31. The minimum Gasteiger partial charge on any atom is -0.473 e. The molecule has 1 saturated heterocycles. The molecule has 1 aliphatic heterocycles. The number of nitrogens with one attached hydrogen (secondary N) is 1. The van der Waals surface area contributed by atoms with E-state index in [-0.39, 0.29) is 12.1 Å². The maximum atomic E-state index is 11.7. The summed E-state index contributed by atoms with van der Waals surface area (Å²) in [6, 6.07) is 7.08. The number of nitrogens with two attached hydrogens (primary N) is 1. The van der Waals surface area contributed by atoms with Gasteiger partial charge in [0.2, 0.25) is 22.1 Å². The number of guanidine groups is 1. The van der Waals surface area contributed by atoms with Crippen LogP contribution in [-0.4, -0.2) is 56.9 Å². The van der Waals surface area contributed by atoms with Crippen LogP contribution in [0, 0.1) is 11.3 Å². The fourth-order valence-electron chi connectivity index (χ4n) is 3.56. The number of ether oxygens (including phenoxy) is 1. The first-order valence-electron chi connectivity index (χ1n) is 11.0. The molecule has 2 unspecified atom stereocenters. The Kier molecular flexibility index (Phi) is 8.22. The molecule has 4 N–H and O–H groups in total. The largest absolute Gasteiger partial charge is 0.473 e. The number of hydrogen-bond acceptors (Lipinski definition) is 6. The Morgan fingerprint density at radius 2 is 1.88 bits per heavy atom. The van der Waals surface area contributed by atoms with Crippen molar-refractivity contribution in [2.24, 2.45) is 16.3 Å². The Hall–Kier alpha value is -2.76. The fourth-order valence-corrected chi connectivity index (χ4v) is 4.20. The summed E-state index contributed by atoms with van der Waals surface area (Å²) >= 11 is 0. The third-order valence-corrected chi connectivity index (χ3v) is 6.69. The molecule has 1 aliphatic rings. The average Bonchev–Trinajstić information content (AvgIpc) is 2.79. The lowest BCUT2D eigenvalue weighted by atomic mass is 9.92. The first kappa shape index (κ1) is 24.9. The number of rotatable bonds is 7. The van der Waals surface area contributed by atoms with Gasteiger partial charge in [0.25, 0.3) is 0 Å². The number of benzene rings is 1. The van der Waals surface area contributed by atoms with Gasteiger partial charge in [-0.2, -0.15) is 9.98 Å². The van der Waals surface area contributed by atoms with Crippen molar-refractivity contribution in [3.63, 3.8) is 0 Å². The zero-order valence-corrected chi connectivity index (χ0v) is 20.3. The van der Waals surface area contributed by atoms with Crippen molar-refractivity contribution in [3.05, 3.63) is 36.7 Å². The minimum absolute atomic E-state index is 0.0288. The van der Waals surface area contributed by atoms with Crippen LogP contribution in [0.15, 0.2) is 51.9 Å². The number of likely N-dealkylation sites (tertiary alicyclic amines) is 1. The highest BCUT2D eigenvalue weighted by Crippen LogP contribution is 2.25. The number of nitrogens with zero attached hydrogens (tertiary/aromatic N) is 5. The van der Waals surface area contributed by atoms with Crippen molar-refractivity contribution >= 4 is 16.2 Å². The molecule has 11 heteroatoms. The Morgan fingerprint density at radius 1 is 1.21 bits per heavy atom. The van der Waals surface area contributed by atoms with Crippen LogP contribution in [0.4, 0.5) is 0 Å². The van der Waals surface area contributed by atoms with Crippen LogP contribution in [0.1, 0.15) is 33.6 Å². The summed E-state index contributed by atoms with van der Waals surface area (Å²) < 4.78 is 27.4. The molecule has 0 aliphatic carbocycles. The van der Waals surface area contributed by atoms with Crippen LogP contribution in [0.2, 0.25) is 0 Å². The smallest absolute Gasteiger partial charge is 0.244 e. The van der Waals surface area contributed by atoms with Crippen LogP contribution in [0.5, 0.6) is 5.88 Å². The van der Waals surface area contributed by atoms with Gasteiger partial charge in [0.1, 0.15) is 18.4 Å². The molecule has 0 amide bonds. The zero-order chi connectivity index (χ0) is 24.0. The van der Waals surface area contributed by atoms with Crippen LogP contribution < -0.4 is 10.2 Å². The van der Waals surface area contributed by atoms with E-state index < -0.39 is 10.2 Å². The maximum absolute atomic E-state index is 11.7. The van der Waals surface area contributed by atoms with E-state index in [9.17, 15) is 8.76 Å². The molecule has 1 aromatic carbocycles. The van der Waals surface area contributed by atoms with Crippen LogP contribution in [0.25, 0.3) is 11.3 Å². The molecular weight excluding hydrogens is 442 g/mol. The van der Waals surface area contributed by atoms with Gasteiger partial charge in [-0.1, -0.05) is 9.32 Å². The van der Waals surface area contributed by atoms with Gasteiger partial charge in [-0.3, -0.25) is 5.41 Å². The van der Waals surface area contributed by atoms with Crippen molar-refractivity contribution in [1.82, 2.24) is 14.9 Å². The SMILES string of the molecule is CC(C)[NH2+]N=NC(=N)N1CCC(C(C)Oc2cnc(-c3ccc([S+](C)(=O)O)cc3)cn2)CC1. The van der Waals surface area contributed by atoms with Gasteiger partial charge in [0.05, 0.1) is 18.1 Å². The summed E-state index contributed by atoms with van der Waals surface area (Å²) in [5, 5.41) is 16.0. The van der Waals surface area contributed by atoms with E-state index in [0.29, 0.717) is 28.4 Å². The molecule has 0 radical (unpaired) electrons. The number of hydrogen-bond donors (Lipinski definition) is 3. The Bertz CT molecular complexity index is 998. The second-order valence-corrected chi connectivity index (χ2v) is 10.7. The topological polar surface area (TPSA) is 141 Å². The van der Waals surface area contributed by atoms with Gasteiger partial charge in [-0.25, -0.2) is 9.97 Å². The molecule has 2 heterocycles. The Morgan fingerprint density at radius 3 is 2.42 bits per heavy atom. The molecule has 0 saturated carbocycles. The monoisotopic (exact) mass is 475 g/mol. The molecule has 0 bridgehead atoms. The van der Waals surface area contributed by atoms with Gasteiger partial charge >= 0.3 is 0 Å². The Balaban J connectivity index is 1.51. The lowest BCUT2D eigenvalue weighted by molar-refractivity contribution is -0.695. The van der Waals surface area contributed by atoms with Crippen molar-refractivity contribution in [1.29, 1.82) is 5.41 Å². The molecule has 3 rings (SSSR count). The summed E-state index contributed by atoms with van der Waals surface area (Å²) in [6.45, 7) is 7.57. The summed E-state index contributed by atoms with van der Waals surface area (Å²) in [4.78, 5) is 11.1. The van der Waals surface area contributed by atoms with E-state index in [1.54, 1.807) is 42.1 Å². The van der Waals surface area contributed by atoms with Crippen LogP contribution >= 0.6 is 0 Å². The number of quaternary nitrogens is 1. The molecule has 2 aromatic rings. The highest BCUT2D eigenvalue weighted by atomic mass is 32.3. The second kappa shape index (κ2) is 10.9. The number of aromatic nitrogens is 2. The molecule has 10 nitrogen and oxygen atoms in total. The fraction of sp³-hybridized carbons (Fsp3) is 0.500. The van der Waals surface area contributed by atoms with Gasteiger partial charge < -0.3 is 9.64 Å². The third-order valence-electron chi connectivity index (χ3n) is 5.54. The van der Waals surface area contributed by atoms with E-state index in [0.717, 1.165) is 31.5 Å². The minimum atomic E-state index is -2.98. The highest BCUT2D eigenvalue weighted by molar-refractivity contribution is 7.97. The maximum Gasteiger partial charge on any atom is 0.244 e. The lowest BCUT2D eigenvalue weighted by Gasteiger charge is -2.34. The van der Waals surface area contributed by atoms with Crippen molar-refractivity contribution in [2.75, 3.05) is 19.3 Å². The summed E-state index contributed by atoms with van der Waals surface area (Å²) in [5.41, 5.74) is 3.21. The standard InChI is InChI=1S/C22H31N7O3S/c1-15(2)26-28-27-22(23)29-11-9-17(10-12-29)16(3)32-21-14-24-20(13-25-21)18-5-7-19(8-6-18)33(4,30)31/h5-8,13-17H,9-12H2,1-4H3,(H2-,23,26,27,30,31)/p+2. The molecule has 33 heavy (non-hydrogen) atoms. The van der Waals surface area contributed by atoms with Crippen molar-refractivity contribution in [3.8, 4) is 17.1 Å². The second-order valence-electron chi connectivity index (χ2n) is 8.65. The normalized spacial score (nSPS) is 17.8. The van der Waals surface area contributed by atoms with E-state index in [1.165, 1.54) is 6.26 Å². The zero-order valence-electron chi connectivity index (χ0n) is 19.5. The van der Waals surface area contributed by atoms with E-state index >= 15 is 0 Å². The molecular formula is C22H33N7O3S+2. The molecule has 1 aromatic heterocycles. The average molecular weight is 476 g/mol. The lowest BCUT2D eigenvalue weighted by Crippen LogP contribution is -2.82. The van der Waals surface area contributed by atoms with Gasteiger partial charge in [0, 0.05) is 23.9 Å². The van der Waals surface area contributed by atoms with Crippen LogP contribution in [-0.2, 0) is 14.4 Å². The third kappa shape index (κ3) is 7.11. The first-order valence-corrected chi connectivity index (χ1v) is 12.9. The first-order chi connectivity index (χ1) is 15.6. The van der Waals surface area contributed by atoms with E-state index in [4.69, 9.17) is 10.1 Å². The van der Waals surface area contributed by atoms with E-state index in [1.807, 2.05) is 25.7 Å². The van der Waals surface area contributed by atoms with Crippen LogP contribution in [0.3, 0.4) is 0 Å².